The Bertz CT molecular complexity index is 494. The summed E-state index contributed by atoms with van der Waals surface area (Å²) in [5.74, 6) is 0. The van der Waals surface area contributed by atoms with Crippen molar-refractivity contribution < 1.29 is 21.3 Å². The van der Waals surface area contributed by atoms with Crippen molar-refractivity contribution in [1.82, 2.24) is 0 Å². The van der Waals surface area contributed by atoms with Gasteiger partial charge in [-0.3, -0.25) is 0 Å². The first-order chi connectivity index (χ1) is 9.72. The molecule has 0 saturated carbocycles. The fourth-order valence-electron chi connectivity index (χ4n) is 3.17. The Balaban J connectivity index is 1.98. The van der Waals surface area contributed by atoms with Crippen LogP contribution < -0.4 is 0 Å². The Morgan fingerprint density at radius 3 is 2.60 bits per heavy atom. The molecule has 0 radical (unpaired) electrons. The fourth-order valence-corrected chi connectivity index (χ4v) is 10.3. The molecule has 20 heavy (non-hydrogen) atoms. The Morgan fingerprint density at radius 1 is 1.10 bits per heavy atom. The van der Waals surface area contributed by atoms with Crippen molar-refractivity contribution in [3.05, 3.63) is 42.5 Å². The van der Waals surface area contributed by atoms with E-state index in [9.17, 15) is 0 Å². The summed E-state index contributed by atoms with van der Waals surface area (Å²) in [4.78, 5) is 0. The van der Waals surface area contributed by atoms with Crippen LogP contribution in [0.2, 0.25) is 0 Å². The third-order valence-electron chi connectivity index (χ3n) is 4.18. The molecule has 0 aromatic heterocycles. The molecule has 2 aliphatic rings. The summed E-state index contributed by atoms with van der Waals surface area (Å²) in [6, 6.07) is 0. The van der Waals surface area contributed by atoms with Crippen LogP contribution in [0.3, 0.4) is 0 Å². The number of hydrogen-bond acceptors (Lipinski definition) is 0. The van der Waals surface area contributed by atoms with Crippen molar-refractivity contribution >= 4 is 3.21 Å². The third-order valence-corrected chi connectivity index (χ3v) is 11.6. The summed E-state index contributed by atoms with van der Waals surface area (Å²) in [6.45, 7) is 7.02. The maximum absolute atomic E-state index is 2.58. The zero-order valence-electron chi connectivity index (χ0n) is 13.3. The van der Waals surface area contributed by atoms with Gasteiger partial charge in [-0.2, -0.15) is 0 Å². The van der Waals surface area contributed by atoms with Crippen LogP contribution in [0.5, 0.6) is 0 Å². The van der Waals surface area contributed by atoms with Gasteiger partial charge in [0, 0.05) is 0 Å². The second-order valence-electron chi connectivity index (χ2n) is 6.16. The van der Waals surface area contributed by atoms with E-state index in [1.165, 1.54) is 44.9 Å². The van der Waals surface area contributed by atoms with E-state index in [1.807, 2.05) is 3.28 Å². The normalized spacial score (nSPS) is 17.1. The summed E-state index contributed by atoms with van der Waals surface area (Å²) in [7, 11) is 0. The average molecular weight is 348 g/mol. The Hall–Kier alpha value is -0.287. The van der Waals surface area contributed by atoms with Crippen LogP contribution >= 0.6 is 0 Å². The van der Waals surface area contributed by atoms with Crippen molar-refractivity contribution in [3.8, 4) is 0 Å². The van der Waals surface area contributed by atoms with Crippen molar-refractivity contribution in [2.45, 2.75) is 65.7 Å². The molecule has 0 N–H and O–H groups in total. The van der Waals surface area contributed by atoms with E-state index in [1.54, 1.807) is 12.1 Å². The Kier molecular flexibility index (Phi) is 6.62. The SMILES string of the molecule is CCCCCCC1=CC[C]([Zr]([C]2=CC=CC2)=[C](C)C)=C1. The topological polar surface area (TPSA) is 0 Å². The summed E-state index contributed by atoms with van der Waals surface area (Å²) in [5.41, 5.74) is 1.63. The molecule has 1 heteroatoms. The van der Waals surface area contributed by atoms with Crippen molar-refractivity contribution in [3.63, 3.8) is 0 Å². The van der Waals surface area contributed by atoms with Gasteiger partial charge in [-0.15, -0.1) is 0 Å². The molecule has 0 aromatic rings. The van der Waals surface area contributed by atoms with Gasteiger partial charge < -0.3 is 0 Å². The second-order valence-corrected chi connectivity index (χ2v) is 13.6. The number of unbranched alkanes of at least 4 members (excludes halogenated alkanes) is 3. The van der Waals surface area contributed by atoms with Gasteiger partial charge in [0.2, 0.25) is 0 Å². The molecule has 0 aliphatic heterocycles. The molecule has 0 fully saturated rings. The molecule has 0 amide bonds. The first-order valence-electron chi connectivity index (χ1n) is 8.16. The van der Waals surface area contributed by atoms with Gasteiger partial charge in [-0.1, -0.05) is 0 Å². The predicted molar refractivity (Wildman–Crippen MR) is 87.7 cm³/mol. The van der Waals surface area contributed by atoms with Gasteiger partial charge in [0.05, 0.1) is 0 Å². The summed E-state index contributed by atoms with van der Waals surface area (Å²) >= 11 is -1.62. The van der Waals surface area contributed by atoms with Gasteiger partial charge in [-0.25, -0.2) is 0 Å². The van der Waals surface area contributed by atoms with Crippen molar-refractivity contribution in [2.24, 2.45) is 0 Å². The summed E-state index contributed by atoms with van der Waals surface area (Å²) in [6.07, 6.45) is 21.4. The molecule has 108 valence electrons. The molecule has 0 spiro atoms. The van der Waals surface area contributed by atoms with Gasteiger partial charge >= 0.3 is 133 Å². The minimum atomic E-state index is -1.62. The molecule has 2 aliphatic carbocycles. The molecule has 0 atom stereocenters. The van der Waals surface area contributed by atoms with Crippen LogP contribution in [0.1, 0.15) is 65.7 Å². The standard InChI is InChI=1S/C11H17.C5H5.C3H6.Zr/c1-2-3-4-5-8-11-9-6-7-10-11;1-2-4-5-3-1;1-3-2;/h9-10H,2-6,8H2,1H3;1-3H,4H2;1-2H3;. The van der Waals surface area contributed by atoms with E-state index in [0.29, 0.717) is 0 Å². The molecule has 0 heterocycles. The van der Waals surface area contributed by atoms with E-state index < -0.39 is 21.3 Å². The molecule has 0 aromatic carbocycles. The number of rotatable bonds is 7. The van der Waals surface area contributed by atoms with Crippen molar-refractivity contribution in [1.29, 1.82) is 0 Å². The van der Waals surface area contributed by atoms with Crippen LogP contribution in [-0.4, -0.2) is 3.21 Å². The number of allylic oxidation sites excluding steroid dienone is 8. The van der Waals surface area contributed by atoms with Gasteiger partial charge in [-0.05, 0) is 0 Å². The van der Waals surface area contributed by atoms with Crippen LogP contribution in [-0.2, 0) is 21.3 Å². The molecule has 0 nitrogen and oxygen atoms in total. The third kappa shape index (κ3) is 4.35. The molecule has 0 saturated heterocycles. The van der Waals surface area contributed by atoms with Gasteiger partial charge in [0.15, 0.2) is 0 Å². The second kappa shape index (κ2) is 8.23. The quantitative estimate of drug-likeness (QED) is 0.507. The average Bonchev–Trinajstić information content (AvgIpc) is 3.07. The van der Waals surface area contributed by atoms with Crippen LogP contribution in [0.15, 0.2) is 42.5 Å². The first kappa shape index (κ1) is 16.1. The van der Waals surface area contributed by atoms with Crippen LogP contribution in [0.4, 0.5) is 0 Å². The Labute approximate surface area is 132 Å². The van der Waals surface area contributed by atoms with Gasteiger partial charge in [0.1, 0.15) is 0 Å². The zero-order chi connectivity index (χ0) is 14.4. The van der Waals surface area contributed by atoms with E-state index in [0.717, 1.165) is 0 Å². The van der Waals surface area contributed by atoms with E-state index in [-0.39, 0.29) is 0 Å². The Morgan fingerprint density at radius 2 is 1.95 bits per heavy atom. The summed E-state index contributed by atoms with van der Waals surface area (Å²) in [5, 5.41) is 0. The monoisotopic (exact) mass is 346 g/mol. The van der Waals surface area contributed by atoms with Crippen LogP contribution in [0.25, 0.3) is 0 Å². The number of hydrogen-bond donors (Lipinski definition) is 0. The first-order valence-corrected chi connectivity index (χ1v) is 11.8. The summed E-state index contributed by atoms with van der Waals surface area (Å²) < 4.78 is 5.32. The molecule has 2 rings (SSSR count). The molecule has 0 bridgehead atoms. The minimum absolute atomic E-state index is 1.23. The van der Waals surface area contributed by atoms with E-state index in [4.69, 9.17) is 0 Å². The zero-order valence-corrected chi connectivity index (χ0v) is 15.8. The fraction of sp³-hybridized carbons (Fsp3) is 0.526. The van der Waals surface area contributed by atoms with Crippen molar-refractivity contribution in [2.75, 3.05) is 0 Å². The van der Waals surface area contributed by atoms with E-state index in [2.05, 4.69) is 51.2 Å². The van der Waals surface area contributed by atoms with Crippen LogP contribution in [0, 0.1) is 0 Å². The molecular weight excluding hydrogens is 319 g/mol. The maximum atomic E-state index is 2.58. The van der Waals surface area contributed by atoms with Gasteiger partial charge in [0.25, 0.3) is 0 Å². The van der Waals surface area contributed by atoms with E-state index >= 15 is 0 Å². The molecular formula is C19H28Zr. The molecule has 0 unspecified atom stereocenters. The predicted octanol–water partition coefficient (Wildman–Crippen LogP) is 5.85.